The number of fused-ring (bicyclic) bond motifs is 1. The fraction of sp³-hybridized carbons (Fsp3) is 0.364. The molecule has 1 aromatic carbocycles. The van der Waals surface area contributed by atoms with Crippen LogP contribution in [0.25, 0.3) is 0 Å². The number of hydrogen-bond acceptors (Lipinski definition) is 2. The van der Waals surface area contributed by atoms with Crippen molar-refractivity contribution in [1.29, 1.82) is 0 Å². The molecule has 0 aliphatic carbocycles. The normalized spacial score (nSPS) is 24.1. The van der Waals surface area contributed by atoms with E-state index in [0.29, 0.717) is 17.7 Å². The Labute approximate surface area is 86.5 Å². The Bertz CT molecular complexity index is 403. The third-order valence-corrected chi connectivity index (χ3v) is 2.54. The molecule has 0 saturated carbocycles. The molecule has 80 valence electrons. The van der Waals surface area contributed by atoms with Gasteiger partial charge in [-0.15, -0.1) is 0 Å². The highest BCUT2D eigenvalue weighted by atomic mass is 19.1. The van der Waals surface area contributed by atoms with Crippen LogP contribution in [0.1, 0.15) is 24.8 Å². The minimum atomic E-state index is -0.891. The summed E-state index contributed by atoms with van der Waals surface area (Å²) in [5, 5.41) is 9.02. The molecule has 3 nitrogen and oxygen atoms in total. The van der Waals surface area contributed by atoms with Gasteiger partial charge in [-0.25, -0.2) is 4.39 Å². The van der Waals surface area contributed by atoms with Crippen molar-refractivity contribution in [3.05, 3.63) is 29.6 Å². The van der Waals surface area contributed by atoms with E-state index in [1.807, 2.05) is 0 Å². The van der Waals surface area contributed by atoms with Crippen LogP contribution in [-0.2, 0) is 4.79 Å². The predicted molar refractivity (Wildman–Crippen MR) is 51.5 cm³/mol. The minimum Gasteiger partial charge on any atom is -0.490 e. The molecule has 0 spiro atoms. The maximum Gasteiger partial charge on any atom is 0.311 e. The van der Waals surface area contributed by atoms with Crippen LogP contribution in [0.4, 0.5) is 4.39 Å². The van der Waals surface area contributed by atoms with E-state index < -0.39 is 17.7 Å². The zero-order valence-corrected chi connectivity index (χ0v) is 8.24. The number of carboxylic acid groups (broad SMARTS) is 1. The summed E-state index contributed by atoms with van der Waals surface area (Å²) in [6.45, 7) is 1.78. The number of carbonyl (C=O) groups is 1. The number of aliphatic carboxylic acids is 1. The highest BCUT2D eigenvalue weighted by Crippen LogP contribution is 2.36. The van der Waals surface area contributed by atoms with Crippen LogP contribution in [-0.4, -0.2) is 17.2 Å². The van der Waals surface area contributed by atoms with Crippen molar-refractivity contribution < 1.29 is 19.0 Å². The van der Waals surface area contributed by atoms with Crippen molar-refractivity contribution in [2.24, 2.45) is 0 Å². The quantitative estimate of drug-likeness (QED) is 0.772. The minimum absolute atomic E-state index is 0.194. The van der Waals surface area contributed by atoms with Gasteiger partial charge in [0.05, 0.1) is 12.0 Å². The van der Waals surface area contributed by atoms with E-state index in [-0.39, 0.29) is 6.10 Å². The van der Waals surface area contributed by atoms with Gasteiger partial charge < -0.3 is 9.84 Å². The number of carboxylic acids is 1. The van der Waals surface area contributed by atoms with Crippen molar-refractivity contribution in [3.8, 4) is 5.75 Å². The Hall–Kier alpha value is -1.58. The molecule has 15 heavy (non-hydrogen) atoms. The molecule has 1 aromatic rings. The summed E-state index contributed by atoms with van der Waals surface area (Å²) in [5.41, 5.74) is 0.557. The molecule has 0 fully saturated rings. The lowest BCUT2D eigenvalue weighted by Crippen LogP contribution is -2.27. The maximum absolute atomic E-state index is 12.9. The van der Waals surface area contributed by atoms with Crippen LogP contribution in [0, 0.1) is 5.82 Å². The maximum atomic E-state index is 12.9. The van der Waals surface area contributed by atoms with Gasteiger partial charge >= 0.3 is 5.97 Å². The van der Waals surface area contributed by atoms with Gasteiger partial charge in [-0.2, -0.15) is 0 Å². The summed E-state index contributed by atoms with van der Waals surface area (Å²) < 4.78 is 18.3. The summed E-state index contributed by atoms with van der Waals surface area (Å²) in [7, 11) is 0. The van der Waals surface area contributed by atoms with Gasteiger partial charge in [0.25, 0.3) is 0 Å². The topological polar surface area (TPSA) is 46.5 Å². The van der Waals surface area contributed by atoms with E-state index in [1.54, 1.807) is 6.92 Å². The van der Waals surface area contributed by atoms with Crippen LogP contribution in [0.3, 0.4) is 0 Å². The number of rotatable bonds is 1. The lowest BCUT2D eigenvalue weighted by molar-refractivity contribution is -0.139. The van der Waals surface area contributed by atoms with E-state index in [4.69, 9.17) is 9.84 Å². The average Bonchev–Trinajstić information content (AvgIpc) is 2.15. The Morgan fingerprint density at radius 2 is 2.33 bits per heavy atom. The van der Waals surface area contributed by atoms with Gasteiger partial charge in [-0.05, 0) is 13.0 Å². The van der Waals surface area contributed by atoms with Gasteiger partial charge in [-0.1, -0.05) is 6.07 Å². The third kappa shape index (κ3) is 1.79. The standard InChI is InChI=1S/C11H11FO3/c1-6-4-9(11(13)14)8-3-2-7(12)5-10(8)15-6/h2-3,5-6,9H,4H2,1H3,(H,13,14). The summed E-state index contributed by atoms with van der Waals surface area (Å²) in [6, 6.07) is 3.98. The molecular weight excluding hydrogens is 199 g/mol. The fourth-order valence-corrected chi connectivity index (χ4v) is 1.86. The number of hydrogen-bond donors (Lipinski definition) is 1. The summed E-state index contributed by atoms with van der Waals surface area (Å²) >= 11 is 0. The second-order valence-corrected chi connectivity index (χ2v) is 3.74. The van der Waals surface area contributed by atoms with Gasteiger partial charge in [0.1, 0.15) is 11.6 Å². The molecule has 0 radical (unpaired) electrons. The van der Waals surface area contributed by atoms with E-state index >= 15 is 0 Å². The van der Waals surface area contributed by atoms with Crippen molar-refractivity contribution >= 4 is 5.97 Å². The zero-order chi connectivity index (χ0) is 11.0. The Morgan fingerprint density at radius 1 is 1.60 bits per heavy atom. The molecule has 2 unspecified atom stereocenters. The predicted octanol–water partition coefficient (Wildman–Crippen LogP) is 2.16. The number of benzene rings is 1. The molecule has 2 rings (SSSR count). The smallest absolute Gasteiger partial charge is 0.311 e. The number of ether oxygens (including phenoxy) is 1. The molecule has 1 N–H and O–H groups in total. The van der Waals surface area contributed by atoms with E-state index in [2.05, 4.69) is 0 Å². The zero-order valence-electron chi connectivity index (χ0n) is 8.24. The summed E-state index contributed by atoms with van der Waals surface area (Å²) in [4.78, 5) is 11.0. The van der Waals surface area contributed by atoms with E-state index in [1.165, 1.54) is 18.2 Å². The van der Waals surface area contributed by atoms with Gasteiger partial charge in [0.15, 0.2) is 0 Å². The number of halogens is 1. The van der Waals surface area contributed by atoms with Crippen LogP contribution in [0.2, 0.25) is 0 Å². The van der Waals surface area contributed by atoms with Crippen molar-refractivity contribution in [1.82, 2.24) is 0 Å². The molecular formula is C11H11FO3. The second kappa shape index (κ2) is 3.53. The first-order valence-corrected chi connectivity index (χ1v) is 4.77. The first kappa shape index (κ1) is 9.96. The molecule has 0 bridgehead atoms. The van der Waals surface area contributed by atoms with Gasteiger partial charge in [-0.3, -0.25) is 4.79 Å². The largest absolute Gasteiger partial charge is 0.490 e. The van der Waals surface area contributed by atoms with Crippen molar-refractivity contribution in [2.75, 3.05) is 0 Å². The lowest BCUT2D eigenvalue weighted by atomic mass is 9.90. The fourth-order valence-electron chi connectivity index (χ4n) is 1.86. The third-order valence-electron chi connectivity index (χ3n) is 2.54. The second-order valence-electron chi connectivity index (χ2n) is 3.74. The van der Waals surface area contributed by atoms with E-state index in [0.717, 1.165) is 0 Å². The van der Waals surface area contributed by atoms with Crippen LogP contribution in [0.15, 0.2) is 18.2 Å². The van der Waals surface area contributed by atoms with E-state index in [9.17, 15) is 9.18 Å². The molecule has 4 heteroatoms. The highest BCUT2D eigenvalue weighted by molar-refractivity contribution is 5.77. The molecule has 0 aromatic heterocycles. The monoisotopic (exact) mass is 210 g/mol. The average molecular weight is 210 g/mol. The Morgan fingerprint density at radius 3 is 3.00 bits per heavy atom. The first-order chi connectivity index (χ1) is 7.08. The summed E-state index contributed by atoms with van der Waals surface area (Å²) in [5.74, 6) is -1.55. The molecule has 1 aliphatic rings. The molecule has 2 atom stereocenters. The molecule has 0 amide bonds. The van der Waals surface area contributed by atoms with Gasteiger partial charge in [0, 0.05) is 18.1 Å². The highest BCUT2D eigenvalue weighted by Gasteiger charge is 2.31. The SMILES string of the molecule is CC1CC(C(=O)O)c2ccc(F)cc2O1. The van der Waals surface area contributed by atoms with Gasteiger partial charge in [0.2, 0.25) is 0 Å². The Kier molecular flexibility index (Phi) is 2.34. The lowest BCUT2D eigenvalue weighted by Gasteiger charge is -2.27. The summed E-state index contributed by atoms with van der Waals surface area (Å²) in [6.07, 6.45) is 0.230. The van der Waals surface area contributed by atoms with Crippen molar-refractivity contribution in [2.45, 2.75) is 25.4 Å². The first-order valence-electron chi connectivity index (χ1n) is 4.77. The van der Waals surface area contributed by atoms with Crippen LogP contribution in [0.5, 0.6) is 5.75 Å². The van der Waals surface area contributed by atoms with Crippen molar-refractivity contribution in [3.63, 3.8) is 0 Å². The Balaban J connectivity index is 2.46. The molecule has 1 heterocycles. The van der Waals surface area contributed by atoms with Crippen LogP contribution < -0.4 is 4.74 Å². The van der Waals surface area contributed by atoms with Crippen LogP contribution >= 0.6 is 0 Å². The molecule has 0 saturated heterocycles. The molecule has 1 aliphatic heterocycles.